The standard InChI is InChI=1S/C11H24O4S.Na.H/c1-2-3-4-5-6-7-8-9-11(12)10-16(13,14)15;;/h11-12H,2-10H2,1H3,(H,13,14,15);;/q;+1;-1. The molecule has 0 saturated carbocycles. The average Bonchev–Trinajstić information content (AvgIpc) is 2.13. The minimum absolute atomic E-state index is 0. The van der Waals surface area contributed by atoms with E-state index in [1.807, 2.05) is 0 Å². The SMILES string of the molecule is CCCCCCCCCC(O)CS(=O)(=O)O.[H-].[Na+]. The van der Waals surface area contributed by atoms with Crippen molar-refractivity contribution in [3.8, 4) is 0 Å². The van der Waals surface area contributed by atoms with Crippen molar-refractivity contribution in [3.05, 3.63) is 0 Å². The van der Waals surface area contributed by atoms with E-state index in [1.54, 1.807) is 0 Å². The summed E-state index contributed by atoms with van der Waals surface area (Å²) in [5.74, 6) is -0.539. The maximum Gasteiger partial charge on any atom is 1.00 e. The number of aliphatic hydroxyl groups is 1. The summed E-state index contributed by atoms with van der Waals surface area (Å²) < 4.78 is 29.4. The van der Waals surface area contributed by atoms with Crippen LogP contribution in [0.2, 0.25) is 0 Å². The molecule has 0 fully saturated rings. The van der Waals surface area contributed by atoms with Crippen molar-refractivity contribution in [1.29, 1.82) is 0 Å². The normalized spacial score (nSPS) is 13.1. The van der Waals surface area contributed by atoms with Gasteiger partial charge in [0.1, 0.15) is 5.75 Å². The van der Waals surface area contributed by atoms with Crippen LogP contribution in [0, 0.1) is 0 Å². The minimum atomic E-state index is -4.03. The van der Waals surface area contributed by atoms with Crippen LogP contribution in [-0.4, -0.2) is 29.9 Å². The molecule has 2 N–H and O–H groups in total. The molecule has 6 heteroatoms. The summed E-state index contributed by atoms with van der Waals surface area (Å²) in [6, 6.07) is 0. The summed E-state index contributed by atoms with van der Waals surface area (Å²) in [7, 11) is -4.03. The van der Waals surface area contributed by atoms with Gasteiger partial charge in [-0.05, 0) is 6.42 Å². The Morgan fingerprint density at radius 1 is 1.06 bits per heavy atom. The van der Waals surface area contributed by atoms with Crippen molar-refractivity contribution in [3.63, 3.8) is 0 Å². The third kappa shape index (κ3) is 16.9. The largest absolute Gasteiger partial charge is 1.00 e. The fraction of sp³-hybridized carbons (Fsp3) is 1.00. The minimum Gasteiger partial charge on any atom is -1.00 e. The third-order valence-corrected chi connectivity index (χ3v) is 3.35. The molecular formula is C11H25NaO4S. The summed E-state index contributed by atoms with van der Waals surface area (Å²) in [4.78, 5) is 0. The molecule has 0 rings (SSSR count). The van der Waals surface area contributed by atoms with Gasteiger partial charge in [0.15, 0.2) is 0 Å². The first-order chi connectivity index (χ1) is 7.45. The fourth-order valence-corrected chi connectivity index (χ4v) is 2.32. The molecule has 1 atom stereocenters. The van der Waals surface area contributed by atoms with Crippen molar-refractivity contribution in [2.24, 2.45) is 0 Å². The Balaban J connectivity index is -0.00000112. The molecule has 1 unspecified atom stereocenters. The second kappa shape index (κ2) is 11.9. The molecule has 0 amide bonds. The van der Waals surface area contributed by atoms with Crippen molar-refractivity contribution in [2.75, 3.05) is 5.75 Å². The number of rotatable bonds is 10. The quantitative estimate of drug-likeness (QED) is 0.320. The molecule has 4 nitrogen and oxygen atoms in total. The smallest absolute Gasteiger partial charge is 1.00 e. The zero-order chi connectivity index (χ0) is 12.4. The molecule has 0 bridgehead atoms. The Labute approximate surface area is 129 Å². The van der Waals surface area contributed by atoms with Crippen LogP contribution in [-0.2, 0) is 10.1 Å². The van der Waals surface area contributed by atoms with Crippen LogP contribution < -0.4 is 29.6 Å². The summed E-state index contributed by atoms with van der Waals surface area (Å²) in [5, 5.41) is 9.29. The Kier molecular flexibility index (Phi) is 14.2. The van der Waals surface area contributed by atoms with E-state index in [0.29, 0.717) is 6.42 Å². The number of unbranched alkanes of at least 4 members (excludes halogenated alkanes) is 6. The van der Waals surface area contributed by atoms with E-state index in [4.69, 9.17) is 4.55 Å². The monoisotopic (exact) mass is 276 g/mol. The Morgan fingerprint density at radius 2 is 1.53 bits per heavy atom. The number of hydrogen-bond donors (Lipinski definition) is 2. The Bertz CT molecular complexity index is 260. The Hall–Kier alpha value is 0.870. The van der Waals surface area contributed by atoms with Gasteiger partial charge in [0, 0.05) is 0 Å². The van der Waals surface area contributed by atoms with E-state index < -0.39 is 22.0 Å². The van der Waals surface area contributed by atoms with Crippen LogP contribution >= 0.6 is 0 Å². The molecular weight excluding hydrogens is 251 g/mol. The fourth-order valence-electron chi connectivity index (χ4n) is 1.66. The molecule has 0 aliphatic rings. The average molecular weight is 276 g/mol. The van der Waals surface area contributed by atoms with E-state index in [-0.39, 0.29) is 31.0 Å². The summed E-state index contributed by atoms with van der Waals surface area (Å²) in [6.45, 7) is 2.17. The topological polar surface area (TPSA) is 74.6 Å². The molecule has 0 saturated heterocycles. The molecule has 0 aromatic heterocycles. The second-order valence-electron chi connectivity index (χ2n) is 4.31. The third-order valence-electron chi connectivity index (χ3n) is 2.54. The predicted octanol–water partition coefficient (Wildman–Crippen LogP) is -0.508. The van der Waals surface area contributed by atoms with Crippen molar-refractivity contribution in [2.45, 2.75) is 64.4 Å². The first-order valence-corrected chi connectivity index (χ1v) is 7.70. The summed E-state index contributed by atoms with van der Waals surface area (Å²) >= 11 is 0. The van der Waals surface area contributed by atoms with Gasteiger partial charge in [-0.1, -0.05) is 51.9 Å². The van der Waals surface area contributed by atoms with Crippen LogP contribution in [0.5, 0.6) is 0 Å². The first kappa shape index (κ1) is 20.2. The van der Waals surface area contributed by atoms with Crippen LogP contribution in [0.3, 0.4) is 0 Å². The van der Waals surface area contributed by atoms with Gasteiger partial charge in [-0.15, -0.1) is 0 Å². The molecule has 0 aliphatic carbocycles. The number of aliphatic hydroxyl groups excluding tert-OH is 1. The van der Waals surface area contributed by atoms with E-state index in [9.17, 15) is 13.5 Å². The molecule has 0 aromatic carbocycles. The van der Waals surface area contributed by atoms with E-state index >= 15 is 0 Å². The van der Waals surface area contributed by atoms with Gasteiger partial charge in [0.25, 0.3) is 10.1 Å². The summed E-state index contributed by atoms with van der Waals surface area (Å²) in [6.07, 6.45) is 7.47. The van der Waals surface area contributed by atoms with Crippen LogP contribution in [0.4, 0.5) is 0 Å². The van der Waals surface area contributed by atoms with E-state index in [1.165, 1.54) is 25.7 Å². The first-order valence-electron chi connectivity index (χ1n) is 6.09. The van der Waals surface area contributed by atoms with Crippen LogP contribution in [0.1, 0.15) is 59.7 Å². The van der Waals surface area contributed by atoms with E-state index in [0.717, 1.165) is 19.3 Å². The molecule has 100 valence electrons. The maximum absolute atomic E-state index is 10.4. The molecule has 0 aromatic rings. The van der Waals surface area contributed by atoms with Gasteiger partial charge < -0.3 is 6.53 Å². The molecule has 0 radical (unpaired) electrons. The van der Waals surface area contributed by atoms with Gasteiger partial charge in [-0.2, -0.15) is 8.42 Å². The Morgan fingerprint density at radius 3 is 2.00 bits per heavy atom. The second-order valence-corrected chi connectivity index (χ2v) is 5.81. The van der Waals surface area contributed by atoms with Gasteiger partial charge in [0.05, 0.1) is 6.10 Å². The van der Waals surface area contributed by atoms with Crippen LogP contribution in [0.15, 0.2) is 0 Å². The zero-order valence-corrected chi connectivity index (χ0v) is 13.9. The maximum atomic E-state index is 10.4. The van der Waals surface area contributed by atoms with E-state index in [2.05, 4.69) is 6.92 Å². The van der Waals surface area contributed by atoms with Crippen molar-refractivity contribution in [1.82, 2.24) is 0 Å². The summed E-state index contributed by atoms with van der Waals surface area (Å²) in [5.41, 5.74) is 0. The van der Waals surface area contributed by atoms with Gasteiger partial charge in [-0.25, -0.2) is 0 Å². The number of hydrogen-bond acceptors (Lipinski definition) is 3. The van der Waals surface area contributed by atoms with Crippen molar-refractivity contribution >= 4 is 10.1 Å². The van der Waals surface area contributed by atoms with Crippen LogP contribution in [0.25, 0.3) is 0 Å². The van der Waals surface area contributed by atoms with Gasteiger partial charge >= 0.3 is 29.6 Å². The predicted molar refractivity (Wildman–Crippen MR) is 66.1 cm³/mol. The van der Waals surface area contributed by atoms with Gasteiger partial charge in [0.2, 0.25) is 0 Å². The molecule has 0 heterocycles. The van der Waals surface area contributed by atoms with Crippen molar-refractivity contribution < 1.29 is 49.1 Å². The zero-order valence-electron chi connectivity index (χ0n) is 12.1. The van der Waals surface area contributed by atoms with Gasteiger partial charge in [-0.3, -0.25) is 4.55 Å². The molecule has 0 spiro atoms. The molecule has 17 heavy (non-hydrogen) atoms. The molecule has 0 aliphatic heterocycles.